The van der Waals surface area contributed by atoms with Crippen molar-refractivity contribution in [3.63, 3.8) is 0 Å². The van der Waals surface area contributed by atoms with Gasteiger partial charge >= 0.3 is 0 Å². The summed E-state index contributed by atoms with van der Waals surface area (Å²) in [5, 5.41) is 40.7. The van der Waals surface area contributed by atoms with Crippen molar-refractivity contribution < 1.29 is 25.2 Å². The van der Waals surface area contributed by atoms with E-state index in [2.05, 4.69) is 24.3 Å². The molecule has 178 valence electrons. The number of ether oxygens (including phenoxy) is 1. The van der Waals surface area contributed by atoms with Crippen LogP contribution in [0.25, 0.3) is 0 Å². The molecule has 2 aromatic carbocycles. The van der Waals surface area contributed by atoms with Gasteiger partial charge in [-0.15, -0.1) is 0 Å². The van der Waals surface area contributed by atoms with Crippen molar-refractivity contribution >= 4 is 11.6 Å². The largest absolute Gasteiger partial charge is 0.394 e. The minimum Gasteiger partial charge on any atom is -0.394 e. The van der Waals surface area contributed by atoms with Gasteiger partial charge in [-0.25, -0.2) is 0 Å². The monoisotopic (exact) mass is 472 g/mol. The molecule has 33 heavy (non-hydrogen) atoms. The number of hydrogen-bond acceptors (Lipinski definition) is 5. The zero-order valence-corrected chi connectivity index (χ0v) is 19.5. The summed E-state index contributed by atoms with van der Waals surface area (Å²) < 4.78 is 5.71. The highest BCUT2D eigenvalue weighted by Gasteiger charge is 2.46. The number of aliphatic hydroxyl groups is 4. The third-order valence-corrected chi connectivity index (χ3v) is 8.53. The Kier molecular flexibility index (Phi) is 6.55. The normalized spacial score (nSPS) is 31.6. The number of benzene rings is 2. The van der Waals surface area contributed by atoms with Gasteiger partial charge in [-0.2, -0.15) is 0 Å². The van der Waals surface area contributed by atoms with Crippen LogP contribution in [-0.2, 0) is 11.2 Å². The number of aliphatic hydroxyl groups excluding tert-OH is 4. The van der Waals surface area contributed by atoms with Crippen LogP contribution in [0.1, 0.15) is 72.8 Å². The van der Waals surface area contributed by atoms with Crippen LogP contribution in [0.2, 0.25) is 5.02 Å². The van der Waals surface area contributed by atoms with Crippen LogP contribution in [0, 0.1) is 5.41 Å². The van der Waals surface area contributed by atoms with E-state index in [1.165, 1.54) is 44.1 Å². The maximum absolute atomic E-state index is 10.5. The third-order valence-electron chi connectivity index (χ3n) is 8.16. The van der Waals surface area contributed by atoms with E-state index in [0.29, 0.717) is 28.3 Å². The van der Waals surface area contributed by atoms with Gasteiger partial charge in [0.05, 0.1) is 6.61 Å². The minimum atomic E-state index is -1.40. The molecule has 2 aliphatic carbocycles. The Labute approximate surface area is 200 Å². The molecule has 5 atom stereocenters. The average Bonchev–Trinajstić information content (AvgIpc) is 3.30. The smallest absolute Gasteiger partial charge is 0.113 e. The predicted octanol–water partition coefficient (Wildman–Crippen LogP) is 3.88. The van der Waals surface area contributed by atoms with Crippen molar-refractivity contribution in [2.24, 2.45) is 5.41 Å². The molecule has 5 rings (SSSR count). The lowest BCUT2D eigenvalue weighted by atomic mass is 9.59. The van der Waals surface area contributed by atoms with Gasteiger partial charge in [0.2, 0.25) is 0 Å². The molecule has 2 saturated carbocycles. The van der Waals surface area contributed by atoms with Crippen molar-refractivity contribution in [2.75, 3.05) is 6.61 Å². The van der Waals surface area contributed by atoms with E-state index >= 15 is 0 Å². The van der Waals surface area contributed by atoms with Gasteiger partial charge in [0, 0.05) is 5.02 Å². The lowest BCUT2D eigenvalue weighted by Crippen LogP contribution is -2.55. The Morgan fingerprint density at radius 1 is 0.879 bits per heavy atom. The van der Waals surface area contributed by atoms with Crippen LogP contribution in [-0.4, -0.2) is 51.4 Å². The molecule has 1 unspecified atom stereocenters. The van der Waals surface area contributed by atoms with Gasteiger partial charge in [-0.3, -0.25) is 0 Å². The highest BCUT2D eigenvalue weighted by atomic mass is 35.5. The van der Waals surface area contributed by atoms with Gasteiger partial charge < -0.3 is 25.2 Å². The summed E-state index contributed by atoms with van der Waals surface area (Å²) in [6.45, 7) is -0.448. The first-order valence-corrected chi connectivity index (χ1v) is 12.4. The van der Waals surface area contributed by atoms with E-state index < -0.39 is 37.1 Å². The molecule has 0 radical (unpaired) electrons. The quantitative estimate of drug-likeness (QED) is 0.530. The van der Waals surface area contributed by atoms with Crippen LogP contribution >= 0.6 is 11.6 Å². The van der Waals surface area contributed by atoms with Crippen LogP contribution in [0.15, 0.2) is 42.5 Å². The molecule has 1 saturated heterocycles. The fourth-order valence-electron chi connectivity index (χ4n) is 6.17. The Morgan fingerprint density at radius 2 is 1.55 bits per heavy atom. The van der Waals surface area contributed by atoms with Gasteiger partial charge in [0.15, 0.2) is 0 Å². The summed E-state index contributed by atoms with van der Waals surface area (Å²) in [6.07, 6.45) is 3.04. The van der Waals surface area contributed by atoms with Gasteiger partial charge in [0.25, 0.3) is 0 Å². The molecule has 0 aromatic heterocycles. The van der Waals surface area contributed by atoms with Crippen molar-refractivity contribution in [3.05, 3.63) is 69.7 Å². The molecule has 1 spiro atoms. The van der Waals surface area contributed by atoms with Gasteiger partial charge in [-0.1, -0.05) is 60.8 Å². The van der Waals surface area contributed by atoms with Crippen molar-refractivity contribution in [2.45, 2.75) is 81.4 Å². The molecular weight excluding hydrogens is 440 g/mol. The minimum absolute atomic E-state index is 0.448. The third kappa shape index (κ3) is 4.47. The van der Waals surface area contributed by atoms with Crippen molar-refractivity contribution in [1.29, 1.82) is 0 Å². The summed E-state index contributed by atoms with van der Waals surface area (Å²) in [5.74, 6) is 0.690. The predicted molar refractivity (Wildman–Crippen MR) is 126 cm³/mol. The molecule has 2 aromatic rings. The Balaban J connectivity index is 1.29. The van der Waals surface area contributed by atoms with Gasteiger partial charge in [0.1, 0.15) is 30.5 Å². The van der Waals surface area contributed by atoms with Crippen LogP contribution in [0.3, 0.4) is 0 Å². The molecule has 6 heteroatoms. The SMILES string of the molecule is OC[C@H]1OC(c2ccc(Cl)c(Cc3ccc(C4CC5(CCCC5)C4)cc3)c2)[C@H](O)[C@@H](O)[C@@H]1O. The molecule has 3 aliphatic rings. The summed E-state index contributed by atoms with van der Waals surface area (Å²) in [5.41, 5.74) is 4.77. The fraction of sp³-hybridized carbons (Fsp3) is 0.556. The first-order chi connectivity index (χ1) is 15.9. The first-order valence-electron chi connectivity index (χ1n) is 12.1. The van der Waals surface area contributed by atoms with E-state index in [9.17, 15) is 20.4 Å². The molecule has 1 heterocycles. The van der Waals surface area contributed by atoms with Crippen molar-refractivity contribution in [3.8, 4) is 0 Å². The van der Waals surface area contributed by atoms with Crippen LogP contribution < -0.4 is 0 Å². The number of halogens is 1. The Bertz CT molecular complexity index is 961. The standard InChI is InChI=1S/C27H33ClO5/c28-21-8-7-18(26-25(32)24(31)23(30)22(15-29)33-26)12-19(21)11-16-3-5-17(6-4-16)20-13-27(14-20)9-1-2-10-27/h3-8,12,20,22-26,29-32H,1-2,9-11,13-15H2/t22-,23-,24+,25-,26?/m1/s1. The first kappa shape index (κ1) is 23.3. The zero-order chi connectivity index (χ0) is 23.2. The topological polar surface area (TPSA) is 90.2 Å². The second kappa shape index (κ2) is 9.29. The summed E-state index contributed by atoms with van der Waals surface area (Å²) in [6, 6.07) is 14.2. The Hall–Kier alpha value is -1.47. The van der Waals surface area contributed by atoms with E-state index in [1.807, 2.05) is 6.07 Å². The van der Waals surface area contributed by atoms with Crippen molar-refractivity contribution in [1.82, 2.24) is 0 Å². The fourth-order valence-corrected chi connectivity index (χ4v) is 6.35. The maximum Gasteiger partial charge on any atom is 0.113 e. The molecular formula is C27H33ClO5. The highest BCUT2D eigenvalue weighted by Crippen LogP contribution is 2.59. The molecule has 5 nitrogen and oxygen atoms in total. The highest BCUT2D eigenvalue weighted by molar-refractivity contribution is 6.31. The summed E-state index contributed by atoms with van der Waals surface area (Å²) >= 11 is 6.48. The second-order valence-electron chi connectivity index (χ2n) is 10.3. The van der Waals surface area contributed by atoms with E-state index in [-0.39, 0.29) is 0 Å². The second-order valence-corrected chi connectivity index (χ2v) is 10.7. The number of rotatable bonds is 5. The summed E-state index contributed by atoms with van der Waals surface area (Å²) in [7, 11) is 0. The summed E-state index contributed by atoms with van der Waals surface area (Å²) in [4.78, 5) is 0. The zero-order valence-electron chi connectivity index (χ0n) is 18.7. The van der Waals surface area contributed by atoms with E-state index in [1.54, 1.807) is 12.1 Å². The lowest BCUT2D eigenvalue weighted by molar-refractivity contribution is -0.231. The molecule has 4 N–H and O–H groups in total. The Morgan fingerprint density at radius 3 is 2.21 bits per heavy atom. The maximum atomic E-state index is 10.5. The number of hydrogen-bond donors (Lipinski definition) is 4. The van der Waals surface area contributed by atoms with Crippen LogP contribution in [0.4, 0.5) is 0 Å². The lowest BCUT2D eigenvalue weighted by Gasteiger charge is -2.46. The van der Waals surface area contributed by atoms with E-state index in [4.69, 9.17) is 16.3 Å². The van der Waals surface area contributed by atoms with Crippen LogP contribution in [0.5, 0.6) is 0 Å². The molecule has 1 aliphatic heterocycles. The van der Waals surface area contributed by atoms with E-state index in [0.717, 1.165) is 11.1 Å². The molecule has 3 fully saturated rings. The molecule has 0 amide bonds. The van der Waals surface area contributed by atoms with Gasteiger partial charge in [-0.05, 0) is 71.8 Å². The average molecular weight is 473 g/mol. The molecule has 0 bridgehead atoms.